The third kappa shape index (κ3) is 1.27. The summed E-state index contributed by atoms with van der Waals surface area (Å²) in [5.41, 5.74) is 5.41. The second-order valence-electron chi connectivity index (χ2n) is 1.33. The average Bonchev–Trinajstić information content (AvgIpc) is 1.69. The van der Waals surface area contributed by atoms with Crippen LogP contribution in [0.2, 0.25) is 0 Å². The summed E-state index contributed by atoms with van der Waals surface area (Å²) < 4.78 is 0. The van der Waals surface area contributed by atoms with Crippen LogP contribution in [0.25, 0.3) is 0 Å². The van der Waals surface area contributed by atoms with Gasteiger partial charge in [0.2, 0.25) is 0 Å². The summed E-state index contributed by atoms with van der Waals surface area (Å²) in [4.78, 5) is 0. The third-order valence-corrected chi connectivity index (χ3v) is 1.52. The van der Waals surface area contributed by atoms with Crippen LogP contribution in [-0.4, -0.2) is 0 Å². The molecule has 0 aliphatic carbocycles. The van der Waals surface area contributed by atoms with Crippen LogP contribution in [-0.2, 0) is 0 Å². The van der Waals surface area contributed by atoms with Gasteiger partial charge in [-0.3, -0.25) is 0 Å². The Morgan fingerprint density at radius 1 is 1.71 bits per heavy atom. The minimum absolute atomic E-state index is 0.919. The quantitative estimate of drug-likeness (QED) is 0.514. The summed E-state index contributed by atoms with van der Waals surface area (Å²) >= 11 is 1.58. The number of nitrogens with two attached hydrogens (primary N) is 1. The van der Waals surface area contributed by atoms with E-state index in [4.69, 9.17) is 5.73 Å². The highest BCUT2D eigenvalue weighted by molar-refractivity contribution is 8.05. The fraction of sp³-hybridized carbons (Fsp3) is 0.200. The number of hydrogen-bond donors (Lipinski definition) is 1. The summed E-state index contributed by atoms with van der Waals surface area (Å²) in [6.07, 6.45) is 5.09. The summed E-state index contributed by atoms with van der Waals surface area (Å²) in [6.45, 7) is 0. The lowest BCUT2D eigenvalue weighted by molar-refractivity contribution is 1.34. The van der Waals surface area contributed by atoms with Gasteiger partial charge in [0.25, 0.3) is 0 Å². The number of rotatable bonds is 0. The van der Waals surface area contributed by atoms with E-state index in [1.54, 1.807) is 11.8 Å². The van der Waals surface area contributed by atoms with E-state index in [1.165, 1.54) is 0 Å². The molecule has 0 bridgehead atoms. The van der Waals surface area contributed by atoms with Crippen LogP contribution in [0.5, 0.6) is 0 Å². The van der Waals surface area contributed by atoms with Crippen molar-refractivity contribution in [2.24, 2.45) is 5.73 Å². The smallest absolute Gasteiger partial charge is 0.0660 e. The molecule has 38 valence electrons. The molecule has 0 aromatic rings. The van der Waals surface area contributed by atoms with Crippen molar-refractivity contribution in [3.8, 4) is 0 Å². The molecule has 0 saturated carbocycles. The molecular formula is C5H7NS. The maximum atomic E-state index is 5.41. The molecule has 0 aromatic heterocycles. The van der Waals surface area contributed by atoms with E-state index in [0.29, 0.717) is 0 Å². The number of hydrogen-bond acceptors (Lipinski definition) is 2. The first-order valence-corrected chi connectivity index (χ1v) is 3.05. The molecule has 1 aliphatic rings. The van der Waals surface area contributed by atoms with Crippen LogP contribution < -0.4 is 5.73 Å². The van der Waals surface area contributed by atoms with Crippen molar-refractivity contribution in [1.82, 2.24) is 0 Å². The van der Waals surface area contributed by atoms with Crippen LogP contribution in [0, 0.1) is 0 Å². The second-order valence-corrected chi connectivity index (χ2v) is 2.31. The largest absolute Gasteiger partial charge is 0.394 e. The lowest BCUT2D eigenvalue weighted by Crippen LogP contribution is -1.90. The average molecular weight is 113 g/mol. The predicted octanol–water partition coefficient (Wildman–Crippen LogP) is 1.44. The Balaban J connectivity index is 2.50. The first-order valence-electron chi connectivity index (χ1n) is 2.17. The number of allylic oxidation sites excluding steroid dienone is 2. The lowest BCUT2D eigenvalue weighted by atomic mass is 10.4. The zero-order chi connectivity index (χ0) is 5.11. The van der Waals surface area contributed by atoms with Gasteiger partial charge in [-0.1, -0.05) is 23.9 Å². The van der Waals surface area contributed by atoms with E-state index < -0.39 is 0 Å². The maximum Gasteiger partial charge on any atom is 0.0660 e. The standard InChI is InChI=1S/C5H7NS/c6-5-3-1-2-4-7-5/h2-4H,1,6H2. The molecular weight excluding hydrogens is 106 g/mol. The molecule has 0 atom stereocenters. The molecule has 0 amide bonds. The molecule has 2 N–H and O–H groups in total. The van der Waals surface area contributed by atoms with Gasteiger partial charge in [0.1, 0.15) is 0 Å². The van der Waals surface area contributed by atoms with Gasteiger partial charge in [0.15, 0.2) is 0 Å². The predicted molar refractivity (Wildman–Crippen MR) is 33.6 cm³/mol. The van der Waals surface area contributed by atoms with Crippen molar-refractivity contribution in [2.75, 3.05) is 0 Å². The van der Waals surface area contributed by atoms with Gasteiger partial charge in [0.05, 0.1) is 5.03 Å². The van der Waals surface area contributed by atoms with Crippen LogP contribution in [0.4, 0.5) is 0 Å². The summed E-state index contributed by atoms with van der Waals surface area (Å²) in [5, 5.41) is 2.93. The monoisotopic (exact) mass is 113 g/mol. The zero-order valence-electron chi connectivity index (χ0n) is 3.92. The van der Waals surface area contributed by atoms with Crippen LogP contribution >= 0.6 is 11.8 Å². The molecule has 1 aliphatic heterocycles. The van der Waals surface area contributed by atoms with E-state index in [2.05, 4.69) is 6.08 Å². The van der Waals surface area contributed by atoms with Gasteiger partial charge < -0.3 is 5.73 Å². The van der Waals surface area contributed by atoms with Gasteiger partial charge in [-0.25, -0.2) is 0 Å². The molecule has 0 saturated heterocycles. The normalized spacial score (nSPS) is 19.1. The highest BCUT2D eigenvalue weighted by Crippen LogP contribution is 2.16. The van der Waals surface area contributed by atoms with Crippen molar-refractivity contribution in [3.05, 3.63) is 22.6 Å². The molecule has 2 heteroatoms. The van der Waals surface area contributed by atoms with E-state index in [1.807, 2.05) is 11.5 Å². The van der Waals surface area contributed by atoms with Gasteiger partial charge >= 0.3 is 0 Å². The Morgan fingerprint density at radius 2 is 2.57 bits per heavy atom. The molecule has 0 unspecified atom stereocenters. The van der Waals surface area contributed by atoms with Crippen LogP contribution in [0.3, 0.4) is 0 Å². The van der Waals surface area contributed by atoms with Crippen LogP contribution in [0.15, 0.2) is 22.6 Å². The van der Waals surface area contributed by atoms with Gasteiger partial charge in [0, 0.05) is 0 Å². The Labute approximate surface area is 47.3 Å². The van der Waals surface area contributed by atoms with Crippen molar-refractivity contribution in [3.63, 3.8) is 0 Å². The van der Waals surface area contributed by atoms with Gasteiger partial charge in [-0.15, -0.1) is 0 Å². The Morgan fingerprint density at radius 3 is 2.86 bits per heavy atom. The minimum atomic E-state index is 0.919. The third-order valence-electron chi connectivity index (χ3n) is 0.755. The van der Waals surface area contributed by atoms with E-state index in [9.17, 15) is 0 Å². The molecule has 7 heavy (non-hydrogen) atoms. The molecule has 1 heterocycles. The Bertz CT molecular complexity index is 115. The molecule has 0 spiro atoms. The molecule has 1 nitrogen and oxygen atoms in total. The van der Waals surface area contributed by atoms with Gasteiger partial charge in [-0.2, -0.15) is 0 Å². The summed E-state index contributed by atoms with van der Waals surface area (Å²) in [7, 11) is 0. The Hall–Kier alpha value is -0.370. The van der Waals surface area contributed by atoms with Crippen molar-refractivity contribution < 1.29 is 0 Å². The SMILES string of the molecule is NC1=CCC=CS1. The fourth-order valence-electron chi connectivity index (χ4n) is 0.415. The Kier molecular flexibility index (Phi) is 1.42. The highest BCUT2D eigenvalue weighted by Gasteiger charge is 1.88. The van der Waals surface area contributed by atoms with E-state index in [0.717, 1.165) is 11.4 Å². The molecule has 0 radical (unpaired) electrons. The van der Waals surface area contributed by atoms with E-state index >= 15 is 0 Å². The van der Waals surface area contributed by atoms with E-state index in [-0.39, 0.29) is 0 Å². The summed E-state index contributed by atoms with van der Waals surface area (Å²) in [6, 6.07) is 0. The second kappa shape index (κ2) is 2.07. The minimum Gasteiger partial charge on any atom is -0.394 e. The van der Waals surface area contributed by atoms with Crippen LogP contribution in [0.1, 0.15) is 6.42 Å². The van der Waals surface area contributed by atoms with Gasteiger partial charge in [-0.05, 0) is 11.8 Å². The molecule has 1 rings (SSSR count). The number of thioether (sulfide) groups is 1. The topological polar surface area (TPSA) is 26.0 Å². The fourth-order valence-corrected chi connectivity index (χ4v) is 0.971. The molecule has 0 aromatic carbocycles. The maximum absolute atomic E-state index is 5.41. The van der Waals surface area contributed by atoms with Crippen molar-refractivity contribution >= 4 is 11.8 Å². The zero-order valence-corrected chi connectivity index (χ0v) is 4.74. The first kappa shape index (κ1) is 4.78. The van der Waals surface area contributed by atoms with Crippen molar-refractivity contribution in [2.45, 2.75) is 6.42 Å². The summed E-state index contributed by atoms with van der Waals surface area (Å²) in [5.74, 6) is 0. The van der Waals surface area contributed by atoms with Crippen molar-refractivity contribution in [1.29, 1.82) is 0 Å². The lowest BCUT2D eigenvalue weighted by Gasteiger charge is -1.97. The highest BCUT2D eigenvalue weighted by atomic mass is 32.2. The first-order chi connectivity index (χ1) is 3.39. The molecule has 0 fully saturated rings.